The Kier molecular flexibility index (Phi) is 4.84. The minimum absolute atomic E-state index is 0.233. The quantitative estimate of drug-likeness (QED) is 0.697. The summed E-state index contributed by atoms with van der Waals surface area (Å²) in [6, 6.07) is 19.3. The van der Waals surface area contributed by atoms with Gasteiger partial charge in [-0.15, -0.1) is 0 Å². The second kappa shape index (κ2) is 7.33. The number of nitrogens with zero attached hydrogens (tertiary/aromatic N) is 1. The fraction of sp³-hybridized carbons (Fsp3) is 0.250. The average Bonchev–Trinajstić information content (AvgIpc) is 2.89. The Morgan fingerprint density at radius 2 is 1.86 bits per heavy atom. The molecule has 0 unspecified atom stereocenters. The number of rotatable bonds is 6. The van der Waals surface area contributed by atoms with Gasteiger partial charge < -0.3 is 14.7 Å². The van der Waals surface area contributed by atoms with Crippen molar-refractivity contribution in [2.75, 3.05) is 18.1 Å². The number of fused-ring (bicyclic) bond motifs is 2. The van der Waals surface area contributed by atoms with Crippen LogP contribution in [-0.2, 0) is 15.2 Å². The summed E-state index contributed by atoms with van der Waals surface area (Å²) >= 11 is 0. The van der Waals surface area contributed by atoms with Crippen molar-refractivity contribution >= 4 is 28.2 Å². The van der Waals surface area contributed by atoms with E-state index in [0.29, 0.717) is 11.3 Å². The zero-order valence-electron chi connectivity index (χ0n) is 16.5. The molecule has 1 N–H and O–H groups in total. The van der Waals surface area contributed by atoms with Crippen LogP contribution in [0.25, 0.3) is 10.8 Å². The van der Waals surface area contributed by atoms with Crippen LogP contribution in [0.1, 0.15) is 24.5 Å². The summed E-state index contributed by atoms with van der Waals surface area (Å²) in [5.41, 5.74) is 0.230. The summed E-state index contributed by atoms with van der Waals surface area (Å²) in [6.07, 6.45) is -0.233. The first-order valence-corrected chi connectivity index (χ1v) is 9.65. The highest BCUT2D eigenvalue weighted by Crippen LogP contribution is 2.42. The topological polar surface area (TPSA) is 66.8 Å². The van der Waals surface area contributed by atoms with Crippen molar-refractivity contribution in [3.05, 3.63) is 71.8 Å². The van der Waals surface area contributed by atoms with Crippen LogP contribution in [0.15, 0.2) is 60.7 Å². The molecule has 3 aromatic rings. The van der Waals surface area contributed by atoms with E-state index in [1.54, 1.807) is 6.07 Å². The molecular formula is C24H23NO4. The monoisotopic (exact) mass is 389 g/mol. The van der Waals surface area contributed by atoms with Gasteiger partial charge in [-0.25, -0.2) is 0 Å². The number of anilines is 1. The lowest BCUT2D eigenvalue weighted by atomic mass is 9.89. The highest BCUT2D eigenvalue weighted by atomic mass is 16.5. The number of carbonyl (C=O) groups is 2. The normalized spacial score (nSPS) is 18.2. The van der Waals surface area contributed by atoms with E-state index >= 15 is 0 Å². The number of amides is 1. The minimum atomic E-state index is -1.81. The van der Waals surface area contributed by atoms with E-state index in [4.69, 9.17) is 4.74 Å². The molecule has 1 atom stereocenters. The summed E-state index contributed by atoms with van der Waals surface area (Å²) in [5.74, 6) is 0.0369. The van der Waals surface area contributed by atoms with E-state index in [9.17, 15) is 14.7 Å². The molecule has 1 heterocycles. The molecule has 29 heavy (non-hydrogen) atoms. The lowest BCUT2D eigenvalue weighted by Gasteiger charge is -2.22. The first-order chi connectivity index (χ1) is 13.9. The lowest BCUT2D eigenvalue weighted by Crippen LogP contribution is -2.43. The molecule has 0 fully saturated rings. The number of aryl methyl sites for hydroxylation is 1. The molecule has 0 radical (unpaired) electrons. The molecule has 0 saturated carbocycles. The van der Waals surface area contributed by atoms with E-state index < -0.39 is 11.5 Å². The second-order valence-corrected chi connectivity index (χ2v) is 7.54. The first kappa shape index (κ1) is 19.2. The van der Waals surface area contributed by atoms with Crippen molar-refractivity contribution in [2.24, 2.45) is 0 Å². The SMILES string of the molecule is CC(=O)C[C@@]1(O)C(=O)N(CCOc2cccc3ccccc23)c2ccc(C)cc21. The Hall–Kier alpha value is -3.18. The Morgan fingerprint density at radius 1 is 1.10 bits per heavy atom. The van der Waals surface area contributed by atoms with Gasteiger partial charge in [-0.1, -0.05) is 54.1 Å². The maximum Gasteiger partial charge on any atom is 0.264 e. The highest BCUT2D eigenvalue weighted by molar-refractivity contribution is 6.08. The number of benzene rings is 3. The van der Waals surface area contributed by atoms with Crippen LogP contribution in [0.3, 0.4) is 0 Å². The molecule has 0 saturated heterocycles. The molecule has 0 spiro atoms. The van der Waals surface area contributed by atoms with Gasteiger partial charge >= 0.3 is 0 Å². The lowest BCUT2D eigenvalue weighted by molar-refractivity contribution is -0.141. The van der Waals surface area contributed by atoms with Gasteiger partial charge in [0.05, 0.1) is 12.2 Å². The highest BCUT2D eigenvalue weighted by Gasteiger charge is 2.50. The maximum atomic E-state index is 13.1. The van der Waals surface area contributed by atoms with Crippen molar-refractivity contribution in [1.82, 2.24) is 0 Å². The summed E-state index contributed by atoms with van der Waals surface area (Å²) in [7, 11) is 0. The molecular weight excluding hydrogens is 366 g/mol. The summed E-state index contributed by atoms with van der Waals surface area (Å²) < 4.78 is 5.98. The number of Topliss-reactive ketones (excluding diaryl/α,β-unsaturated/α-hetero) is 1. The van der Waals surface area contributed by atoms with Crippen molar-refractivity contribution in [2.45, 2.75) is 25.9 Å². The predicted molar refractivity (Wildman–Crippen MR) is 112 cm³/mol. The number of aliphatic hydroxyl groups is 1. The van der Waals surface area contributed by atoms with Gasteiger partial charge in [0.2, 0.25) is 0 Å². The number of carbonyl (C=O) groups excluding carboxylic acids is 2. The number of hydrogen-bond donors (Lipinski definition) is 1. The molecule has 1 aliphatic rings. The van der Waals surface area contributed by atoms with Crippen LogP contribution in [0.4, 0.5) is 5.69 Å². The molecule has 5 nitrogen and oxygen atoms in total. The molecule has 1 amide bonds. The minimum Gasteiger partial charge on any atom is -0.491 e. The van der Waals surface area contributed by atoms with Crippen molar-refractivity contribution < 1.29 is 19.4 Å². The Balaban J connectivity index is 1.57. The average molecular weight is 389 g/mol. The van der Waals surface area contributed by atoms with E-state index in [-0.39, 0.29) is 25.4 Å². The van der Waals surface area contributed by atoms with Crippen LogP contribution in [0.5, 0.6) is 5.75 Å². The van der Waals surface area contributed by atoms with Gasteiger partial charge in [0.1, 0.15) is 18.1 Å². The van der Waals surface area contributed by atoms with Crippen LogP contribution in [0.2, 0.25) is 0 Å². The van der Waals surface area contributed by atoms with Gasteiger partial charge in [-0.3, -0.25) is 9.59 Å². The van der Waals surface area contributed by atoms with Crippen molar-refractivity contribution in [1.29, 1.82) is 0 Å². The number of ketones is 1. The standard InChI is InChI=1S/C24H23NO4/c1-16-10-11-21-20(14-16)24(28,15-17(2)26)23(27)25(21)12-13-29-22-9-5-7-18-6-3-4-8-19(18)22/h3-11,14,28H,12-13,15H2,1-2H3/t24-/m0/s1. The molecule has 0 aliphatic carbocycles. The van der Waals surface area contributed by atoms with Gasteiger partial charge in [-0.2, -0.15) is 0 Å². The van der Waals surface area contributed by atoms with E-state index in [2.05, 4.69) is 0 Å². The smallest absolute Gasteiger partial charge is 0.264 e. The fourth-order valence-corrected chi connectivity index (χ4v) is 3.99. The predicted octanol–water partition coefficient (Wildman–Crippen LogP) is 3.74. The van der Waals surface area contributed by atoms with Gasteiger partial charge in [-0.05, 0) is 31.4 Å². The molecule has 5 heteroatoms. The zero-order chi connectivity index (χ0) is 20.6. The van der Waals surface area contributed by atoms with Crippen LogP contribution in [-0.4, -0.2) is 29.9 Å². The zero-order valence-corrected chi connectivity index (χ0v) is 16.5. The fourth-order valence-electron chi connectivity index (χ4n) is 3.99. The molecule has 4 rings (SSSR count). The number of ether oxygens (including phenoxy) is 1. The van der Waals surface area contributed by atoms with Crippen LogP contribution < -0.4 is 9.64 Å². The van der Waals surface area contributed by atoms with E-state index in [0.717, 1.165) is 22.1 Å². The van der Waals surface area contributed by atoms with Crippen LogP contribution >= 0.6 is 0 Å². The molecule has 3 aromatic carbocycles. The van der Waals surface area contributed by atoms with Crippen molar-refractivity contribution in [3.8, 4) is 5.75 Å². The summed E-state index contributed by atoms with van der Waals surface area (Å²) in [4.78, 5) is 26.3. The molecule has 0 aromatic heterocycles. The van der Waals surface area contributed by atoms with E-state index in [1.807, 2.05) is 61.5 Å². The Bertz CT molecular complexity index is 1100. The molecule has 0 bridgehead atoms. The molecule has 148 valence electrons. The number of hydrogen-bond acceptors (Lipinski definition) is 4. The maximum absolute atomic E-state index is 13.1. The first-order valence-electron chi connectivity index (χ1n) is 9.65. The summed E-state index contributed by atoms with van der Waals surface area (Å²) in [6.45, 7) is 3.82. The van der Waals surface area contributed by atoms with Gasteiger partial charge in [0.15, 0.2) is 5.60 Å². The third-order valence-electron chi connectivity index (χ3n) is 5.31. The van der Waals surface area contributed by atoms with Gasteiger partial charge in [0.25, 0.3) is 5.91 Å². The van der Waals surface area contributed by atoms with Crippen LogP contribution in [0, 0.1) is 6.92 Å². The third-order valence-corrected chi connectivity index (χ3v) is 5.31. The Labute approximate surface area is 169 Å². The third kappa shape index (κ3) is 3.38. The van der Waals surface area contributed by atoms with E-state index in [1.165, 1.54) is 11.8 Å². The second-order valence-electron chi connectivity index (χ2n) is 7.54. The molecule has 1 aliphatic heterocycles. The van der Waals surface area contributed by atoms with Gasteiger partial charge in [0, 0.05) is 17.4 Å². The largest absolute Gasteiger partial charge is 0.491 e. The Morgan fingerprint density at radius 3 is 2.66 bits per heavy atom. The van der Waals surface area contributed by atoms with Crippen molar-refractivity contribution in [3.63, 3.8) is 0 Å². The summed E-state index contributed by atoms with van der Waals surface area (Å²) in [5, 5.41) is 13.2.